The van der Waals surface area contributed by atoms with Crippen molar-refractivity contribution in [1.29, 1.82) is 0 Å². The van der Waals surface area contributed by atoms with E-state index in [1.165, 1.54) is 33.9 Å². The molecule has 1 fully saturated rings. The van der Waals surface area contributed by atoms with Crippen LogP contribution in [0, 0.1) is 0 Å². The van der Waals surface area contributed by atoms with Crippen molar-refractivity contribution in [2.24, 2.45) is 0 Å². The second-order valence-electron chi connectivity index (χ2n) is 5.13. The molecule has 4 heteroatoms. The summed E-state index contributed by atoms with van der Waals surface area (Å²) in [5.74, 6) is 0. The average Bonchev–Trinajstić information content (AvgIpc) is 3.24. The number of aromatic nitrogens is 1. The lowest BCUT2D eigenvalue weighted by Gasteiger charge is -2.00. The van der Waals surface area contributed by atoms with Crippen molar-refractivity contribution in [2.75, 3.05) is 6.26 Å². The van der Waals surface area contributed by atoms with Crippen LogP contribution >= 0.6 is 23.1 Å². The quantitative estimate of drug-likeness (QED) is 0.803. The van der Waals surface area contributed by atoms with Gasteiger partial charge in [-0.2, -0.15) is 0 Å². The van der Waals surface area contributed by atoms with E-state index in [1.807, 2.05) is 11.3 Å². The molecule has 1 saturated carbocycles. The van der Waals surface area contributed by atoms with Gasteiger partial charge < -0.3 is 5.32 Å². The number of thiazole rings is 1. The van der Waals surface area contributed by atoms with Gasteiger partial charge in [-0.05, 0) is 37.7 Å². The summed E-state index contributed by atoms with van der Waals surface area (Å²) in [6, 6.07) is 9.47. The lowest BCUT2D eigenvalue weighted by molar-refractivity contribution is 0.689. The van der Waals surface area contributed by atoms with Gasteiger partial charge in [-0.3, -0.25) is 0 Å². The molecule has 0 saturated heterocycles. The summed E-state index contributed by atoms with van der Waals surface area (Å²) in [5, 5.41) is 4.75. The SMILES string of the molecule is CCc1nc(-c2ccc(SC)cc2)sc1CNC1CC1. The second-order valence-corrected chi connectivity index (χ2v) is 7.09. The van der Waals surface area contributed by atoms with Gasteiger partial charge in [-0.15, -0.1) is 23.1 Å². The Morgan fingerprint density at radius 2 is 2.05 bits per heavy atom. The van der Waals surface area contributed by atoms with Gasteiger partial charge >= 0.3 is 0 Å². The molecule has 0 amide bonds. The Kier molecular flexibility index (Phi) is 4.44. The summed E-state index contributed by atoms with van der Waals surface area (Å²) in [5.41, 5.74) is 2.49. The van der Waals surface area contributed by atoms with Crippen LogP contribution in [-0.2, 0) is 13.0 Å². The Hall–Kier alpha value is -0.840. The molecule has 1 aliphatic rings. The van der Waals surface area contributed by atoms with Crippen molar-refractivity contribution >= 4 is 23.1 Å². The zero-order chi connectivity index (χ0) is 13.9. The minimum Gasteiger partial charge on any atom is -0.309 e. The molecule has 1 N–H and O–H groups in total. The molecular weight excluding hydrogens is 284 g/mol. The van der Waals surface area contributed by atoms with Crippen LogP contribution in [0.4, 0.5) is 0 Å². The minimum absolute atomic E-state index is 0.756. The van der Waals surface area contributed by atoms with Gasteiger partial charge in [0.1, 0.15) is 5.01 Å². The van der Waals surface area contributed by atoms with Crippen molar-refractivity contribution in [2.45, 2.75) is 43.7 Å². The highest BCUT2D eigenvalue weighted by Crippen LogP contribution is 2.30. The largest absolute Gasteiger partial charge is 0.309 e. The Balaban J connectivity index is 1.80. The Bertz CT molecular complexity index is 571. The molecule has 2 aromatic rings. The molecule has 1 aliphatic carbocycles. The van der Waals surface area contributed by atoms with Crippen LogP contribution in [0.1, 0.15) is 30.3 Å². The van der Waals surface area contributed by atoms with E-state index < -0.39 is 0 Å². The van der Waals surface area contributed by atoms with Gasteiger partial charge in [-0.1, -0.05) is 19.1 Å². The van der Waals surface area contributed by atoms with E-state index >= 15 is 0 Å². The highest BCUT2D eigenvalue weighted by atomic mass is 32.2. The second kappa shape index (κ2) is 6.29. The van der Waals surface area contributed by atoms with Crippen molar-refractivity contribution in [1.82, 2.24) is 10.3 Å². The number of aryl methyl sites for hydroxylation is 1. The monoisotopic (exact) mass is 304 g/mol. The Morgan fingerprint density at radius 1 is 1.30 bits per heavy atom. The van der Waals surface area contributed by atoms with Gasteiger partial charge in [0, 0.05) is 27.9 Å². The van der Waals surface area contributed by atoms with E-state index in [0.29, 0.717) is 0 Å². The molecule has 20 heavy (non-hydrogen) atoms. The summed E-state index contributed by atoms with van der Waals surface area (Å²) in [4.78, 5) is 7.53. The molecule has 0 radical (unpaired) electrons. The maximum atomic E-state index is 4.82. The van der Waals surface area contributed by atoms with Gasteiger partial charge in [0.15, 0.2) is 0 Å². The first kappa shape index (κ1) is 14.1. The number of thioether (sulfide) groups is 1. The summed E-state index contributed by atoms with van der Waals surface area (Å²) >= 11 is 3.62. The maximum Gasteiger partial charge on any atom is 0.123 e. The third-order valence-electron chi connectivity index (χ3n) is 3.58. The smallest absolute Gasteiger partial charge is 0.123 e. The number of benzene rings is 1. The molecular formula is C16H20N2S2. The third kappa shape index (κ3) is 3.25. The molecule has 1 aromatic carbocycles. The zero-order valence-electron chi connectivity index (χ0n) is 12.0. The van der Waals surface area contributed by atoms with E-state index in [2.05, 4.69) is 42.8 Å². The first-order valence-electron chi connectivity index (χ1n) is 7.16. The average molecular weight is 304 g/mol. The van der Waals surface area contributed by atoms with E-state index in [9.17, 15) is 0 Å². The molecule has 0 aliphatic heterocycles. The highest BCUT2D eigenvalue weighted by molar-refractivity contribution is 7.98. The lowest BCUT2D eigenvalue weighted by Crippen LogP contribution is -2.15. The van der Waals surface area contributed by atoms with Gasteiger partial charge in [-0.25, -0.2) is 4.98 Å². The van der Waals surface area contributed by atoms with Crippen molar-refractivity contribution in [3.63, 3.8) is 0 Å². The standard InChI is InChI=1S/C16H20N2S2/c1-3-14-15(10-17-12-6-7-12)20-16(18-14)11-4-8-13(19-2)9-5-11/h4-5,8-9,12,17H,3,6-7,10H2,1-2H3. The normalized spacial score (nSPS) is 14.7. The fourth-order valence-electron chi connectivity index (χ4n) is 2.18. The molecule has 2 nitrogen and oxygen atoms in total. The van der Waals surface area contributed by atoms with Crippen LogP contribution in [0.25, 0.3) is 10.6 Å². The first-order valence-corrected chi connectivity index (χ1v) is 9.20. The predicted molar refractivity (Wildman–Crippen MR) is 88.6 cm³/mol. The van der Waals surface area contributed by atoms with Gasteiger partial charge in [0.25, 0.3) is 0 Å². The van der Waals surface area contributed by atoms with Crippen LogP contribution in [-0.4, -0.2) is 17.3 Å². The molecule has 106 valence electrons. The van der Waals surface area contributed by atoms with Crippen LogP contribution in [0.2, 0.25) is 0 Å². The molecule has 0 atom stereocenters. The number of nitrogens with one attached hydrogen (secondary N) is 1. The van der Waals surface area contributed by atoms with Crippen molar-refractivity contribution < 1.29 is 0 Å². The minimum atomic E-state index is 0.756. The van der Waals surface area contributed by atoms with Gasteiger partial charge in [0.2, 0.25) is 0 Å². The summed E-state index contributed by atoms with van der Waals surface area (Å²) in [7, 11) is 0. The molecule has 0 bridgehead atoms. The van der Waals surface area contributed by atoms with Crippen LogP contribution < -0.4 is 5.32 Å². The molecule has 1 heterocycles. The van der Waals surface area contributed by atoms with E-state index in [4.69, 9.17) is 4.98 Å². The maximum absolute atomic E-state index is 4.82. The predicted octanol–water partition coefficient (Wildman–Crippen LogP) is 4.35. The van der Waals surface area contributed by atoms with Crippen molar-refractivity contribution in [3.05, 3.63) is 34.8 Å². The van der Waals surface area contributed by atoms with E-state index in [0.717, 1.165) is 24.0 Å². The molecule has 3 rings (SSSR count). The Morgan fingerprint density at radius 3 is 2.65 bits per heavy atom. The van der Waals surface area contributed by atoms with Crippen LogP contribution in [0.3, 0.4) is 0 Å². The number of hydrogen-bond donors (Lipinski definition) is 1. The number of rotatable bonds is 6. The lowest BCUT2D eigenvalue weighted by atomic mass is 10.2. The van der Waals surface area contributed by atoms with Crippen LogP contribution in [0.15, 0.2) is 29.2 Å². The fraction of sp³-hybridized carbons (Fsp3) is 0.438. The Labute approximate surface area is 129 Å². The fourth-order valence-corrected chi connectivity index (χ4v) is 3.69. The summed E-state index contributed by atoms with van der Waals surface area (Å²) < 4.78 is 0. The first-order chi connectivity index (χ1) is 9.80. The van der Waals surface area contributed by atoms with E-state index in [-0.39, 0.29) is 0 Å². The third-order valence-corrected chi connectivity index (χ3v) is 5.47. The zero-order valence-corrected chi connectivity index (χ0v) is 13.6. The molecule has 0 unspecified atom stereocenters. The summed E-state index contributed by atoms with van der Waals surface area (Å²) in [6.45, 7) is 3.17. The number of nitrogens with zero attached hydrogens (tertiary/aromatic N) is 1. The van der Waals surface area contributed by atoms with Crippen LogP contribution in [0.5, 0.6) is 0 Å². The molecule has 1 aromatic heterocycles. The number of hydrogen-bond acceptors (Lipinski definition) is 4. The van der Waals surface area contributed by atoms with Gasteiger partial charge in [0.05, 0.1) is 5.69 Å². The van der Waals surface area contributed by atoms with E-state index in [1.54, 1.807) is 11.8 Å². The van der Waals surface area contributed by atoms with Crippen molar-refractivity contribution in [3.8, 4) is 10.6 Å². The highest BCUT2D eigenvalue weighted by Gasteiger charge is 2.21. The topological polar surface area (TPSA) is 24.9 Å². The molecule has 0 spiro atoms. The summed E-state index contributed by atoms with van der Waals surface area (Å²) in [6.07, 6.45) is 5.79.